The molecule has 0 amide bonds. The molecule has 0 spiro atoms. The van der Waals surface area contributed by atoms with Crippen molar-refractivity contribution in [2.45, 2.75) is 54.1 Å². The Balaban J connectivity index is 4.58. The van der Waals surface area contributed by atoms with E-state index in [2.05, 4.69) is 6.07 Å². The number of aliphatic hydroxyl groups is 1. The fraction of sp³-hybridized carbons (Fsp3) is 0.917. The molecule has 0 saturated heterocycles. The van der Waals surface area contributed by atoms with Gasteiger partial charge in [0.15, 0.2) is 0 Å². The number of hydrogen-bond donors (Lipinski definition) is 1. The van der Waals surface area contributed by atoms with Crippen LogP contribution in [0.2, 0.25) is 0 Å². The van der Waals surface area contributed by atoms with Crippen LogP contribution in [-0.2, 0) is 0 Å². The van der Waals surface area contributed by atoms with Gasteiger partial charge in [-0.05, 0) is 24.7 Å². The minimum absolute atomic E-state index is 0.146. The van der Waals surface area contributed by atoms with Gasteiger partial charge < -0.3 is 5.11 Å². The number of hydrogen-bond acceptors (Lipinski definition) is 2. The van der Waals surface area contributed by atoms with Gasteiger partial charge in [-0.1, -0.05) is 34.6 Å². The monoisotopic (exact) mass is 197 g/mol. The zero-order valence-corrected chi connectivity index (χ0v) is 10.3. The van der Waals surface area contributed by atoms with Crippen LogP contribution in [0.4, 0.5) is 0 Å². The van der Waals surface area contributed by atoms with Crippen molar-refractivity contribution in [1.29, 1.82) is 5.26 Å². The molecule has 0 aromatic carbocycles. The molecule has 0 aromatic heterocycles. The van der Waals surface area contributed by atoms with E-state index in [4.69, 9.17) is 5.26 Å². The maximum atomic E-state index is 9.95. The summed E-state index contributed by atoms with van der Waals surface area (Å²) in [7, 11) is 0. The molecule has 0 aliphatic rings. The summed E-state index contributed by atoms with van der Waals surface area (Å²) in [6, 6.07) is 2.32. The molecule has 1 N–H and O–H groups in total. The van der Waals surface area contributed by atoms with Crippen LogP contribution in [0.1, 0.15) is 48.0 Å². The summed E-state index contributed by atoms with van der Waals surface area (Å²) < 4.78 is 0. The highest BCUT2D eigenvalue weighted by Gasteiger charge is 2.35. The van der Waals surface area contributed by atoms with Crippen LogP contribution in [0, 0.1) is 28.1 Å². The SMILES string of the molecule is CC(C)[C@](C)(C#N)C[C@H](O)C(C)(C)C. The zero-order chi connectivity index (χ0) is 11.6. The number of nitrogens with zero attached hydrogens (tertiary/aromatic N) is 1. The van der Waals surface area contributed by atoms with E-state index in [0.717, 1.165) is 0 Å². The van der Waals surface area contributed by atoms with Gasteiger partial charge >= 0.3 is 0 Å². The van der Waals surface area contributed by atoms with Crippen LogP contribution in [0.25, 0.3) is 0 Å². The largest absolute Gasteiger partial charge is 0.393 e. The van der Waals surface area contributed by atoms with Gasteiger partial charge in [0, 0.05) is 0 Å². The summed E-state index contributed by atoms with van der Waals surface area (Å²) in [5.41, 5.74) is -0.570. The molecule has 0 aliphatic heterocycles. The van der Waals surface area contributed by atoms with Crippen LogP contribution < -0.4 is 0 Å². The summed E-state index contributed by atoms with van der Waals surface area (Å²) in [6.45, 7) is 12.0. The third-order valence-corrected chi connectivity index (χ3v) is 3.15. The van der Waals surface area contributed by atoms with E-state index in [1.54, 1.807) is 0 Å². The second kappa shape index (κ2) is 4.31. The quantitative estimate of drug-likeness (QED) is 0.756. The van der Waals surface area contributed by atoms with Crippen LogP contribution in [0.5, 0.6) is 0 Å². The minimum atomic E-state index is -0.424. The Bertz CT molecular complexity index is 221. The third-order valence-electron chi connectivity index (χ3n) is 3.15. The first-order valence-electron chi connectivity index (χ1n) is 5.23. The smallest absolute Gasteiger partial charge is 0.0690 e. The minimum Gasteiger partial charge on any atom is -0.393 e. The summed E-state index contributed by atoms with van der Waals surface area (Å²) >= 11 is 0. The highest BCUT2D eigenvalue weighted by Crippen LogP contribution is 2.36. The lowest BCUT2D eigenvalue weighted by molar-refractivity contribution is 0.0225. The first kappa shape index (κ1) is 13.4. The molecule has 2 heteroatoms. The van der Waals surface area contributed by atoms with Gasteiger partial charge in [-0.15, -0.1) is 0 Å². The molecule has 0 aromatic rings. The zero-order valence-electron chi connectivity index (χ0n) is 10.3. The van der Waals surface area contributed by atoms with Gasteiger partial charge in [0.05, 0.1) is 17.6 Å². The van der Waals surface area contributed by atoms with E-state index < -0.39 is 11.5 Å². The lowest BCUT2D eigenvalue weighted by Crippen LogP contribution is -2.34. The van der Waals surface area contributed by atoms with Crippen molar-refractivity contribution in [1.82, 2.24) is 0 Å². The first-order chi connectivity index (χ1) is 6.13. The lowest BCUT2D eigenvalue weighted by atomic mass is 9.72. The van der Waals surface area contributed by atoms with Crippen molar-refractivity contribution in [3.63, 3.8) is 0 Å². The molecule has 0 heterocycles. The Morgan fingerprint density at radius 2 is 1.64 bits per heavy atom. The van der Waals surface area contributed by atoms with Gasteiger partial charge in [-0.25, -0.2) is 0 Å². The first-order valence-corrected chi connectivity index (χ1v) is 5.23. The number of aliphatic hydroxyl groups excluding tert-OH is 1. The van der Waals surface area contributed by atoms with Crippen molar-refractivity contribution in [2.24, 2.45) is 16.7 Å². The second-order valence-electron chi connectivity index (χ2n) is 5.77. The highest BCUT2D eigenvalue weighted by atomic mass is 16.3. The topological polar surface area (TPSA) is 44.0 Å². The predicted molar refractivity (Wildman–Crippen MR) is 58.6 cm³/mol. The van der Waals surface area contributed by atoms with Gasteiger partial charge in [-0.2, -0.15) is 5.26 Å². The van der Waals surface area contributed by atoms with Crippen molar-refractivity contribution >= 4 is 0 Å². The number of rotatable bonds is 3. The standard InChI is InChI=1S/C12H23NO/c1-9(2)12(6,8-13)7-10(14)11(3,4)5/h9-10,14H,7H2,1-6H3/t10-,12-/m0/s1. The van der Waals surface area contributed by atoms with E-state index in [9.17, 15) is 5.11 Å². The molecule has 0 unspecified atom stereocenters. The molecule has 2 atom stereocenters. The summed E-state index contributed by atoms with van der Waals surface area (Å²) in [5.74, 6) is 0.268. The van der Waals surface area contributed by atoms with Gasteiger partial charge in [0.25, 0.3) is 0 Å². The molecule has 0 aliphatic carbocycles. The van der Waals surface area contributed by atoms with Crippen molar-refractivity contribution in [2.75, 3.05) is 0 Å². The summed E-state index contributed by atoms with van der Waals surface area (Å²) in [4.78, 5) is 0. The van der Waals surface area contributed by atoms with E-state index in [1.165, 1.54) is 0 Å². The Hall–Kier alpha value is -0.550. The van der Waals surface area contributed by atoms with Crippen LogP contribution in [-0.4, -0.2) is 11.2 Å². The number of nitriles is 1. The Morgan fingerprint density at radius 1 is 1.21 bits per heavy atom. The van der Waals surface area contributed by atoms with Gasteiger partial charge in [-0.3, -0.25) is 0 Å². The van der Waals surface area contributed by atoms with E-state index in [1.807, 2.05) is 41.5 Å². The fourth-order valence-electron chi connectivity index (χ4n) is 1.12. The van der Waals surface area contributed by atoms with Gasteiger partial charge in [0.2, 0.25) is 0 Å². The molecule has 0 radical (unpaired) electrons. The van der Waals surface area contributed by atoms with Crippen LogP contribution in [0.3, 0.4) is 0 Å². The van der Waals surface area contributed by atoms with Crippen molar-refractivity contribution < 1.29 is 5.11 Å². The average molecular weight is 197 g/mol. The van der Waals surface area contributed by atoms with Crippen molar-refractivity contribution in [3.05, 3.63) is 0 Å². The molecule has 2 nitrogen and oxygen atoms in total. The fourth-order valence-corrected chi connectivity index (χ4v) is 1.12. The highest BCUT2D eigenvalue weighted by molar-refractivity contribution is 5.00. The Labute approximate surface area is 87.9 Å². The predicted octanol–water partition coefficient (Wildman–Crippen LogP) is 2.97. The molecule has 14 heavy (non-hydrogen) atoms. The molecular formula is C12H23NO. The van der Waals surface area contributed by atoms with E-state index >= 15 is 0 Å². The molecule has 0 rings (SSSR count). The van der Waals surface area contributed by atoms with E-state index in [-0.39, 0.29) is 11.3 Å². The lowest BCUT2D eigenvalue weighted by Gasteiger charge is -2.34. The summed E-state index contributed by atoms with van der Waals surface area (Å²) in [5, 5.41) is 19.1. The Kier molecular flexibility index (Phi) is 4.15. The third kappa shape index (κ3) is 3.31. The maximum absolute atomic E-state index is 9.95. The van der Waals surface area contributed by atoms with E-state index in [0.29, 0.717) is 6.42 Å². The summed E-state index contributed by atoms with van der Waals surface area (Å²) in [6.07, 6.45) is 0.125. The van der Waals surface area contributed by atoms with Crippen molar-refractivity contribution in [3.8, 4) is 6.07 Å². The molecule has 0 bridgehead atoms. The van der Waals surface area contributed by atoms with Crippen LogP contribution >= 0.6 is 0 Å². The second-order valence-corrected chi connectivity index (χ2v) is 5.77. The normalized spacial score (nSPS) is 18.8. The maximum Gasteiger partial charge on any atom is 0.0690 e. The van der Waals surface area contributed by atoms with Crippen LogP contribution in [0.15, 0.2) is 0 Å². The molecule has 82 valence electrons. The average Bonchev–Trinajstić information content (AvgIpc) is 2.02. The molecular weight excluding hydrogens is 174 g/mol. The van der Waals surface area contributed by atoms with Gasteiger partial charge in [0.1, 0.15) is 0 Å². The molecule has 0 fully saturated rings. The Morgan fingerprint density at radius 3 is 1.86 bits per heavy atom. The molecule has 0 saturated carbocycles.